The highest BCUT2D eigenvalue weighted by molar-refractivity contribution is 5.27. The molecule has 0 aliphatic carbocycles. The summed E-state index contributed by atoms with van der Waals surface area (Å²) in [5.74, 6) is 2.19. The Labute approximate surface area is 129 Å². The Morgan fingerprint density at radius 1 is 1.05 bits per heavy atom. The maximum atomic E-state index is 9.36. The molecule has 3 nitrogen and oxygen atoms in total. The quantitative estimate of drug-likeness (QED) is 0.692. The average Bonchev–Trinajstić information content (AvgIpc) is 2.44. The molecule has 0 heterocycles. The molecule has 120 valence electrons. The fraction of sp³-hybridized carbons (Fsp3) is 0.667. The van der Waals surface area contributed by atoms with E-state index in [2.05, 4.69) is 45.1 Å². The first-order valence-corrected chi connectivity index (χ1v) is 8.07. The number of nitrogens with one attached hydrogen (secondary N) is 1. The standard InChI is InChI=1S/C18H31NO2/c1-14(2)9-10-21-18-7-5-16(6-8-18)12-19-17(13-20)11-15(3)4/h5-8,14-15,17,19-20H,9-13H2,1-4H3. The minimum atomic E-state index is 0.173. The molecule has 0 fully saturated rings. The maximum absolute atomic E-state index is 9.36. The Bertz CT molecular complexity index is 373. The molecule has 21 heavy (non-hydrogen) atoms. The van der Waals surface area contributed by atoms with Crippen LogP contribution in [0.4, 0.5) is 0 Å². The van der Waals surface area contributed by atoms with E-state index in [4.69, 9.17) is 4.74 Å². The van der Waals surface area contributed by atoms with E-state index >= 15 is 0 Å². The summed E-state index contributed by atoms with van der Waals surface area (Å²) in [5.41, 5.74) is 1.22. The lowest BCUT2D eigenvalue weighted by molar-refractivity contribution is 0.223. The van der Waals surface area contributed by atoms with Crippen molar-refractivity contribution in [3.8, 4) is 5.75 Å². The van der Waals surface area contributed by atoms with E-state index in [0.29, 0.717) is 11.8 Å². The predicted molar refractivity (Wildman–Crippen MR) is 88.6 cm³/mol. The number of aliphatic hydroxyl groups is 1. The summed E-state index contributed by atoms with van der Waals surface area (Å²) in [7, 11) is 0. The number of aliphatic hydroxyl groups excluding tert-OH is 1. The predicted octanol–water partition coefficient (Wildman–Crippen LogP) is 3.61. The van der Waals surface area contributed by atoms with Gasteiger partial charge in [0.25, 0.3) is 0 Å². The highest BCUT2D eigenvalue weighted by atomic mass is 16.5. The van der Waals surface area contributed by atoms with Gasteiger partial charge >= 0.3 is 0 Å². The fourth-order valence-corrected chi connectivity index (χ4v) is 2.17. The number of hydrogen-bond donors (Lipinski definition) is 2. The Morgan fingerprint density at radius 2 is 1.71 bits per heavy atom. The third kappa shape index (κ3) is 8.08. The van der Waals surface area contributed by atoms with E-state index in [9.17, 15) is 5.11 Å². The summed E-state index contributed by atoms with van der Waals surface area (Å²) in [6, 6.07) is 8.39. The first-order chi connectivity index (χ1) is 10.0. The number of ether oxygens (including phenoxy) is 1. The zero-order chi connectivity index (χ0) is 15.7. The van der Waals surface area contributed by atoms with Crippen molar-refractivity contribution in [3.63, 3.8) is 0 Å². The smallest absolute Gasteiger partial charge is 0.119 e. The van der Waals surface area contributed by atoms with Gasteiger partial charge in [-0.3, -0.25) is 0 Å². The van der Waals surface area contributed by atoms with Gasteiger partial charge in [-0.05, 0) is 42.4 Å². The molecule has 0 spiro atoms. The molecule has 0 aromatic heterocycles. The zero-order valence-corrected chi connectivity index (χ0v) is 13.9. The van der Waals surface area contributed by atoms with Crippen LogP contribution in [0, 0.1) is 11.8 Å². The molecule has 0 amide bonds. The van der Waals surface area contributed by atoms with Crippen LogP contribution >= 0.6 is 0 Å². The molecule has 2 N–H and O–H groups in total. The van der Waals surface area contributed by atoms with Crippen LogP contribution < -0.4 is 10.1 Å². The average molecular weight is 293 g/mol. The summed E-state index contributed by atoms with van der Waals surface area (Å²) in [4.78, 5) is 0. The van der Waals surface area contributed by atoms with E-state index in [0.717, 1.165) is 31.7 Å². The molecule has 1 aromatic rings. The summed E-state index contributed by atoms with van der Waals surface area (Å²) >= 11 is 0. The molecular formula is C18H31NO2. The van der Waals surface area contributed by atoms with Crippen LogP contribution in [0.1, 0.15) is 46.1 Å². The van der Waals surface area contributed by atoms with Crippen molar-refractivity contribution in [1.82, 2.24) is 5.32 Å². The first-order valence-electron chi connectivity index (χ1n) is 8.07. The van der Waals surface area contributed by atoms with Gasteiger partial charge in [0.2, 0.25) is 0 Å². The molecule has 0 radical (unpaired) electrons. The fourth-order valence-electron chi connectivity index (χ4n) is 2.17. The molecule has 0 aliphatic heterocycles. The van der Waals surface area contributed by atoms with Gasteiger partial charge in [0.15, 0.2) is 0 Å². The zero-order valence-electron chi connectivity index (χ0n) is 13.9. The minimum Gasteiger partial charge on any atom is -0.494 e. The molecule has 1 atom stereocenters. The molecule has 1 rings (SSSR count). The molecule has 0 saturated heterocycles. The normalized spacial score (nSPS) is 12.9. The van der Waals surface area contributed by atoms with Crippen molar-refractivity contribution in [2.45, 2.75) is 53.1 Å². The third-order valence-corrected chi connectivity index (χ3v) is 3.46. The van der Waals surface area contributed by atoms with Crippen LogP contribution in [0.15, 0.2) is 24.3 Å². The lowest BCUT2D eigenvalue weighted by atomic mass is 10.0. The van der Waals surface area contributed by atoms with Crippen LogP contribution in [0.3, 0.4) is 0 Å². The largest absolute Gasteiger partial charge is 0.494 e. The maximum Gasteiger partial charge on any atom is 0.119 e. The van der Waals surface area contributed by atoms with E-state index in [-0.39, 0.29) is 12.6 Å². The molecule has 0 aliphatic rings. The number of rotatable bonds is 10. The van der Waals surface area contributed by atoms with E-state index in [1.54, 1.807) is 0 Å². The van der Waals surface area contributed by atoms with Crippen LogP contribution in [-0.2, 0) is 6.54 Å². The van der Waals surface area contributed by atoms with E-state index in [1.807, 2.05) is 12.1 Å². The summed E-state index contributed by atoms with van der Waals surface area (Å²) in [5, 5.41) is 12.8. The highest BCUT2D eigenvalue weighted by Crippen LogP contribution is 2.14. The Balaban J connectivity index is 2.36. The topological polar surface area (TPSA) is 41.5 Å². The number of hydrogen-bond acceptors (Lipinski definition) is 3. The van der Waals surface area contributed by atoms with Crippen molar-refractivity contribution < 1.29 is 9.84 Å². The Morgan fingerprint density at radius 3 is 2.24 bits per heavy atom. The van der Waals surface area contributed by atoms with E-state index < -0.39 is 0 Å². The lowest BCUT2D eigenvalue weighted by Gasteiger charge is -2.18. The monoisotopic (exact) mass is 293 g/mol. The molecule has 1 unspecified atom stereocenters. The molecule has 1 aromatic carbocycles. The van der Waals surface area contributed by atoms with Crippen molar-refractivity contribution in [2.24, 2.45) is 11.8 Å². The lowest BCUT2D eigenvalue weighted by Crippen LogP contribution is -2.33. The third-order valence-electron chi connectivity index (χ3n) is 3.46. The van der Waals surface area contributed by atoms with Crippen LogP contribution in [0.5, 0.6) is 5.75 Å². The van der Waals surface area contributed by atoms with Gasteiger partial charge < -0.3 is 15.2 Å². The van der Waals surface area contributed by atoms with Gasteiger partial charge in [0, 0.05) is 12.6 Å². The Kier molecular flexibility index (Phi) is 8.40. The van der Waals surface area contributed by atoms with Crippen molar-refractivity contribution in [3.05, 3.63) is 29.8 Å². The second kappa shape index (κ2) is 9.80. The van der Waals surface area contributed by atoms with Gasteiger partial charge in [-0.25, -0.2) is 0 Å². The van der Waals surface area contributed by atoms with E-state index in [1.165, 1.54) is 5.56 Å². The van der Waals surface area contributed by atoms with Gasteiger partial charge in [-0.2, -0.15) is 0 Å². The molecule has 0 bridgehead atoms. The van der Waals surface area contributed by atoms with Crippen LogP contribution in [0.25, 0.3) is 0 Å². The van der Waals surface area contributed by atoms with Crippen molar-refractivity contribution in [2.75, 3.05) is 13.2 Å². The second-order valence-corrected chi connectivity index (χ2v) is 6.56. The SMILES string of the molecule is CC(C)CCOc1ccc(CNC(CO)CC(C)C)cc1. The summed E-state index contributed by atoms with van der Waals surface area (Å²) in [6.07, 6.45) is 2.07. The van der Waals surface area contributed by atoms with Gasteiger partial charge in [-0.1, -0.05) is 39.8 Å². The molecule has 3 heteroatoms. The number of benzene rings is 1. The van der Waals surface area contributed by atoms with Gasteiger partial charge in [0.05, 0.1) is 13.2 Å². The molecule has 0 saturated carbocycles. The molecular weight excluding hydrogens is 262 g/mol. The highest BCUT2D eigenvalue weighted by Gasteiger charge is 2.08. The summed E-state index contributed by atoms with van der Waals surface area (Å²) in [6.45, 7) is 10.5. The van der Waals surface area contributed by atoms with Crippen molar-refractivity contribution >= 4 is 0 Å². The van der Waals surface area contributed by atoms with Crippen molar-refractivity contribution in [1.29, 1.82) is 0 Å². The first kappa shape index (κ1) is 18.0. The van der Waals surface area contributed by atoms with Gasteiger partial charge in [0.1, 0.15) is 5.75 Å². The minimum absolute atomic E-state index is 0.173. The second-order valence-electron chi connectivity index (χ2n) is 6.56. The Hall–Kier alpha value is -1.06. The van der Waals surface area contributed by atoms with Crippen LogP contribution in [-0.4, -0.2) is 24.4 Å². The van der Waals surface area contributed by atoms with Gasteiger partial charge in [-0.15, -0.1) is 0 Å². The van der Waals surface area contributed by atoms with Crippen LogP contribution in [0.2, 0.25) is 0 Å². The summed E-state index contributed by atoms with van der Waals surface area (Å²) < 4.78 is 5.71.